The van der Waals surface area contributed by atoms with Crippen LogP contribution in [-0.4, -0.2) is 24.4 Å². The number of benzene rings is 2. The highest BCUT2D eigenvalue weighted by molar-refractivity contribution is 5.93. The van der Waals surface area contributed by atoms with Crippen LogP contribution in [-0.2, 0) is 4.74 Å². The monoisotopic (exact) mass is 255 g/mol. The highest BCUT2D eigenvalue weighted by Gasteiger charge is 2.11. The van der Waals surface area contributed by atoms with Gasteiger partial charge in [-0.05, 0) is 23.8 Å². The van der Waals surface area contributed by atoms with E-state index in [2.05, 4.69) is 9.73 Å². The molecule has 2 aromatic rings. The number of hydrogen-bond acceptors (Lipinski definition) is 4. The molecule has 0 saturated carbocycles. The summed E-state index contributed by atoms with van der Waals surface area (Å²) < 4.78 is 4.58. The Bertz CT molecular complexity index is 606. The van der Waals surface area contributed by atoms with Gasteiger partial charge in [-0.25, -0.2) is 4.79 Å². The standard InChI is InChI=1S/C15H13NO3/c1-19-15(18)13-9-12(7-8-14(13)17)16-10-11-5-3-2-4-6-11/h2-10,17H,1H3/b16-10+. The highest BCUT2D eigenvalue weighted by Crippen LogP contribution is 2.23. The van der Waals surface area contributed by atoms with Crippen LogP contribution in [0.25, 0.3) is 0 Å². The molecule has 2 rings (SSSR count). The van der Waals surface area contributed by atoms with Gasteiger partial charge in [-0.2, -0.15) is 0 Å². The average Bonchev–Trinajstić information content (AvgIpc) is 2.46. The van der Waals surface area contributed by atoms with Gasteiger partial charge in [-0.15, -0.1) is 0 Å². The van der Waals surface area contributed by atoms with Crippen molar-refractivity contribution >= 4 is 17.9 Å². The van der Waals surface area contributed by atoms with Crippen molar-refractivity contribution in [3.63, 3.8) is 0 Å². The number of methoxy groups -OCH3 is 1. The first-order valence-corrected chi connectivity index (χ1v) is 5.71. The minimum atomic E-state index is -0.589. The SMILES string of the molecule is COC(=O)c1cc(/N=C/c2ccccc2)ccc1O. The average molecular weight is 255 g/mol. The van der Waals surface area contributed by atoms with Crippen molar-refractivity contribution in [1.82, 2.24) is 0 Å². The highest BCUT2D eigenvalue weighted by atomic mass is 16.5. The summed E-state index contributed by atoms with van der Waals surface area (Å²) in [7, 11) is 1.27. The summed E-state index contributed by atoms with van der Waals surface area (Å²) in [4.78, 5) is 15.7. The maximum atomic E-state index is 11.4. The Labute approximate surface area is 111 Å². The van der Waals surface area contributed by atoms with Gasteiger partial charge in [0, 0.05) is 6.21 Å². The Balaban J connectivity index is 2.27. The lowest BCUT2D eigenvalue weighted by molar-refractivity contribution is 0.0597. The molecule has 0 fully saturated rings. The van der Waals surface area contributed by atoms with Crippen molar-refractivity contribution in [1.29, 1.82) is 0 Å². The molecule has 0 bridgehead atoms. The Kier molecular flexibility index (Phi) is 3.93. The summed E-state index contributed by atoms with van der Waals surface area (Å²) >= 11 is 0. The normalized spacial score (nSPS) is 10.6. The molecular weight excluding hydrogens is 242 g/mol. The summed E-state index contributed by atoms with van der Waals surface area (Å²) in [5, 5.41) is 9.57. The lowest BCUT2D eigenvalue weighted by atomic mass is 10.2. The largest absolute Gasteiger partial charge is 0.507 e. The first kappa shape index (κ1) is 12.8. The first-order chi connectivity index (χ1) is 9.20. The second kappa shape index (κ2) is 5.82. The number of nitrogens with zero attached hydrogens (tertiary/aromatic N) is 1. The van der Waals surface area contributed by atoms with Crippen LogP contribution >= 0.6 is 0 Å². The van der Waals surface area contributed by atoms with Crippen molar-refractivity contribution in [2.75, 3.05) is 7.11 Å². The molecule has 0 aliphatic heterocycles. The summed E-state index contributed by atoms with van der Waals surface area (Å²) in [5.74, 6) is -0.709. The van der Waals surface area contributed by atoms with Gasteiger partial charge < -0.3 is 9.84 Å². The van der Waals surface area contributed by atoms with Crippen molar-refractivity contribution in [2.24, 2.45) is 4.99 Å². The van der Waals surface area contributed by atoms with E-state index < -0.39 is 5.97 Å². The van der Waals surface area contributed by atoms with Crippen LogP contribution in [0, 0.1) is 0 Å². The molecule has 0 spiro atoms. The Morgan fingerprint density at radius 1 is 1.21 bits per heavy atom. The number of carbonyl (C=O) groups is 1. The molecule has 0 aromatic heterocycles. The van der Waals surface area contributed by atoms with E-state index >= 15 is 0 Å². The fraction of sp³-hybridized carbons (Fsp3) is 0.0667. The smallest absolute Gasteiger partial charge is 0.341 e. The molecule has 0 atom stereocenters. The number of ether oxygens (including phenoxy) is 1. The van der Waals surface area contributed by atoms with Crippen LogP contribution in [0.15, 0.2) is 53.5 Å². The van der Waals surface area contributed by atoms with Crippen LogP contribution in [0.3, 0.4) is 0 Å². The van der Waals surface area contributed by atoms with Crippen LogP contribution < -0.4 is 0 Å². The summed E-state index contributed by atoms with van der Waals surface area (Å²) in [6, 6.07) is 14.1. The minimum Gasteiger partial charge on any atom is -0.507 e. The van der Waals surface area contributed by atoms with Crippen molar-refractivity contribution in [2.45, 2.75) is 0 Å². The van der Waals surface area contributed by atoms with Gasteiger partial charge in [0.2, 0.25) is 0 Å². The van der Waals surface area contributed by atoms with E-state index in [1.807, 2.05) is 30.3 Å². The lowest BCUT2D eigenvalue weighted by Gasteiger charge is -2.03. The second-order valence-corrected chi connectivity index (χ2v) is 3.86. The van der Waals surface area contributed by atoms with Crippen LogP contribution in [0.4, 0.5) is 5.69 Å². The number of carbonyl (C=O) groups excluding carboxylic acids is 1. The Morgan fingerprint density at radius 3 is 2.63 bits per heavy atom. The molecule has 4 heteroatoms. The molecule has 96 valence electrons. The lowest BCUT2D eigenvalue weighted by Crippen LogP contribution is -2.00. The number of rotatable bonds is 3. The van der Waals surface area contributed by atoms with Gasteiger partial charge in [0.25, 0.3) is 0 Å². The van der Waals surface area contributed by atoms with Gasteiger partial charge in [-0.3, -0.25) is 4.99 Å². The number of hydrogen-bond donors (Lipinski definition) is 1. The number of aliphatic imine (C=N–C) groups is 1. The third-order valence-electron chi connectivity index (χ3n) is 2.55. The minimum absolute atomic E-state index is 0.102. The Hall–Kier alpha value is -2.62. The molecular formula is C15H13NO3. The zero-order chi connectivity index (χ0) is 13.7. The molecule has 0 aliphatic carbocycles. The van der Waals surface area contributed by atoms with E-state index in [9.17, 15) is 9.90 Å². The molecule has 2 aromatic carbocycles. The van der Waals surface area contributed by atoms with Crippen molar-refractivity contribution in [3.05, 3.63) is 59.7 Å². The maximum absolute atomic E-state index is 11.4. The molecule has 0 amide bonds. The van der Waals surface area contributed by atoms with Gasteiger partial charge in [-0.1, -0.05) is 30.3 Å². The number of esters is 1. The van der Waals surface area contributed by atoms with E-state index in [0.717, 1.165) is 5.56 Å². The maximum Gasteiger partial charge on any atom is 0.341 e. The van der Waals surface area contributed by atoms with Gasteiger partial charge in [0.1, 0.15) is 11.3 Å². The van der Waals surface area contributed by atoms with Crippen LogP contribution in [0.2, 0.25) is 0 Å². The molecule has 19 heavy (non-hydrogen) atoms. The van der Waals surface area contributed by atoms with Gasteiger partial charge >= 0.3 is 5.97 Å². The quantitative estimate of drug-likeness (QED) is 0.677. The van der Waals surface area contributed by atoms with E-state index in [1.165, 1.54) is 19.2 Å². The predicted octanol–water partition coefficient (Wildman–Crippen LogP) is 2.93. The third kappa shape index (κ3) is 3.19. The zero-order valence-corrected chi connectivity index (χ0v) is 10.4. The van der Waals surface area contributed by atoms with E-state index in [4.69, 9.17) is 0 Å². The molecule has 0 unspecified atom stereocenters. The number of aromatic hydroxyl groups is 1. The molecule has 0 saturated heterocycles. The number of phenols is 1. The summed E-state index contributed by atoms with van der Waals surface area (Å²) in [5.41, 5.74) is 1.63. The predicted molar refractivity (Wildman–Crippen MR) is 73.1 cm³/mol. The Morgan fingerprint density at radius 2 is 1.95 bits per heavy atom. The summed E-state index contributed by atoms with van der Waals surface area (Å²) in [6.45, 7) is 0. The van der Waals surface area contributed by atoms with Gasteiger partial charge in [0.15, 0.2) is 0 Å². The molecule has 0 radical (unpaired) electrons. The molecule has 1 N–H and O–H groups in total. The van der Waals surface area contributed by atoms with E-state index in [0.29, 0.717) is 5.69 Å². The van der Waals surface area contributed by atoms with Crippen molar-refractivity contribution < 1.29 is 14.6 Å². The fourth-order valence-corrected chi connectivity index (χ4v) is 1.57. The zero-order valence-electron chi connectivity index (χ0n) is 10.4. The fourth-order valence-electron chi connectivity index (χ4n) is 1.57. The van der Waals surface area contributed by atoms with E-state index in [1.54, 1.807) is 12.3 Å². The van der Waals surface area contributed by atoms with E-state index in [-0.39, 0.29) is 11.3 Å². The first-order valence-electron chi connectivity index (χ1n) is 5.71. The van der Waals surface area contributed by atoms with Gasteiger partial charge in [0.05, 0.1) is 12.8 Å². The van der Waals surface area contributed by atoms with Crippen LogP contribution in [0.5, 0.6) is 5.75 Å². The molecule has 0 heterocycles. The second-order valence-electron chi connectivity index (χ2n) is 3.86. The summed E-state index contributed by atoms with van der Waals surface area (Å²) in [6.07, 6.45) is 1.69. The molecule has 4 nitrogen and oxygen atoms in total. The third-order valence-corrected chi connectivity index (χ3v) is 2.55. The molecule has 0 aliphatic rings. The van der Waals surface area contributed by atoms with Crippen LogP contribution in [0.1, 0.15) is 15.9 Å². The van der Waals surface area contributed by atoms with Crippen molar-refractivity contribution in [3.8, 4) is 5.75 Å². The topological polar surface area (TPSA) is 58.9 Å². The number of phenolic OH excluding ortho intramolecular Hbond substituents is 1.